The van der Waals surface area contributed by atoms with E-state index in [0.29, 0.717) is 0 Å². The largest absolute Gasteiger partial charge is 0.469 e. The van der Waals surface area contributed by atoms with Gasteiger partial charge in [-0.1, -0.05) is 0 Å². The van der Waals surface area contributed by atoms with Crippen molar-refractivity contribution in [3.05, 3.63) is 24.3 Å². The first-order valence-corrected chi connectivity index (χ1v) is 6.82. The van der Waals surface area contributed by atoms with Gasteiger partial charge in [-0.15, -0.1) is 0 Å². The maximum absolute atomic E-state index is 11.7. The average Bonchev–Trinajstić information content (AvgIpc) is 2.90. The number of carbonyl (C=O) groups excluding carboxylic acids is 5. The quantitative estimate of drug-likeness (QED) is 0.347. The lowest BCUT2D eigenvalue weighted by atomic mass is 10.2. The van der Waals surface area contributed by atoms with Crippen LogP contribution in [0.2, 0.25) is 0 Å². The van der Waals surface area contributed by atoms with E-state index < -0.39 is 41.9 Å². The number of esters is 4. The molecule has 2 atom stereocenters. The van der Waals surface area contributed by atoms with Gasteiger partial charge in [-0.2, -0.15) is 0 Å². The van der Waals surface area contributed by atoms with E-state index in [9.17, 15) is 24.0 Å². The molecular weight excluding hydrogens is 324 g/mol. The topological polar surface area (TPSA) is 122 Å². The van der Waals surface area contributed by atoms with E-state index in [1.54, 1.807) is 0 Å². The molecule has 0 aromatic heterocycles. The summed E-state index contributed by atoms with van der Waals surface area (Å²) in [6.07, 6.45) is 1.11. The summed E-state index contributed by atoms with van der Waals surface area (Å²) in [5.41, 5.74) is 0. The molecule has 0 aromatic rings. The highest BCUT2D eigenvalue weighted by molar-refractivity contribution is 5.99. The predicted molar refractivity (Wildman–Crippen MR) is 76.3 cm³/mol. The summed E-state index contributed by atoms with van der Waals surface area (Å²) < 4.78 is 18.5. The fourth-order valence-corrected chi connectivity index (χ4v) is 1.66. The van der Waals surface area contributed by atoms with Crippen molar-refractivity contribution in [1.82, 2.24) is 0 Å². The molecule has 9 heteroatoms. The van der Waals surface area contributed by atoms with Crippen molar-refractivity contribution in [2.24, 2.45) is 0 Å². The molecule has 0 saturated carbocycles. The van der Waals surface area contributed by atoms with Crippen LogP contribution in [0, 0.1) is 0 Å². The maximum atomic E-state index is 11.7. The molecule has 1 aliphatic rings. The number of ketones is 1. The van der Waals surface area contributed by atoms with Crippen LogP contribution in [0.4, 0.5) is 0 Å². The molecule has 9 nitrogen and oxygen atoms in total. The SMILES string of the molecule is COC(=O)/C=C\C(=O)OC1C=CC(=O)C1OC(=O)CCC(=O)OC. The lowest BCUT2D eigenvalue weighted by Gasteiger charge is -2.18. The number of hydrogen-bond acceptors (Lipinski definition) is 9. The molecule has 0 fully saturated rings. The van der Waals surface area contributed by atoms with Crippen LogP contribution in [-0.2, 0) is 42.9 Å². The van der Waals surface area contributed by atoms with Gasteiger partial charge in [0, 0.05) is 12.2 Å². The van der Waals surface area contributed by atoms with Gasteiger partial charge in [-0.25, -0.2) is 9.59 Å². The molecule has 2 unspecified atom stereocenters. The van der Waals surface area contributed by atoms with Gasteiger partial charge in [0.15, 0.2) is 11.9 Å². The zero-order valence-corrected chi connectivity index (χ0v) is 13.1. The van der Waals surface area contributed by atoms with Crippen LogP contribution in [0.15, 0.2) is 24.3 Å². The standard InChI is InChI=1S/C15H16O9/c1-21-11(17)5-7-13(19)23-10-4-3-9(16)15(10)24-14(20)8-6-12(18)22-2/h3-5,7,10,15H,6,8H2,1-2H3/b7-5-. The van der Waals surface area contributed by atoms with E-state index in [1.165, 1.54) is 13.2 Å². The first kappa shape index (κ1) is 19.1. The lowest BCUT2D eigenvalue weighted by Crippen LogP contribution is -2.35. The molecule has 1 rings (SSSR count). The summed E-state index contributed by atoms with van der Waals surface area (Å²) in [4.78, 5) is 56.7. The Hall–Kier alpha value is -2.97. The van der Waals surface area contributed by atoms with Crippen LogP contribution in [0.25, 0.3) is 0 Å². The third-order valence-electron chi connectivity index (χ3n) is 2.86. The van der Waals surface area contributed by atoms with Crippen molar-refractivity contribution in [3.8, 4) is 0 Å². The second kappa shape index (κ2) is 9.23. The Bertz CT molecular complexity index is 588. The van der Waals surface area contributed by atoms with Crippen LogP contribution in [-0.4, -0.2) is 56.1 Å². The van der Waals surface area contributed by atoms with E-state index in [-0.39, 0.29) is 12.8 Å². The second-order valence-electron chi connectivity index (χ2n) is 4.51. The normalized spacial score (nSPS) is 19.2. The minimum atomic E-state index is -1.33. The molecule has 1 aliphatic carbocycles. The van der Waals surface area contributed by atoms with Gasteiger partial charge in [0.05, 0.1) is 27.1 Å². The average molecular weight is 340 g/mol. The van der Waals surface area contributed by atoms with Gasteiger partial charge in [0.25, 0.3) is 0 Å². The predicted octanol–water partition coefficient (Wildman–Crippen LogP) is -0.369. The van der Waals surface area contributed by atoms with Gasteiger partial charge in [-0.3, -0.25) is 14.4 Å². The Kier molecular flexibility index (Phi) is 7.34. The van der Waals surface area contributed by atoms with Crippen molar-refractivity contribution >= 4 is 29.7 Å². The van der Waals surface area contributed by atoms with Gasteiger partial charge < -0.3 is 18.9 Å². The number of ether oxygens (including phenoxy) is 4. The van der Waals surface area contributed by atoms with Gasteiger partial charge in [0.1, 0.15) is 0 Å². The zero-order valence-electron chi connectivity index (χ0n) is 13.1. The summed E-state index contributed by atoms with van der Waals surface area (Å²) in [5, 5.41) is 0. The summed E-state index contributed by atoms with van der Waals surface area (Å²) >= 11 is 0. The number of rotatable bonds is 7. The molecule has 0 radical (unpaired) electrons. The van der Waals surface area contributed by atoms with Crippen LogP contribution in [0.1, 0.15) is 12.8 Å². The molecule has 0 amide bonds. The number of hydrogen-bond donors (Lipinski definition) is 0. The first-order chi connectivity index (χ1) is 11.4. The molecule has 0 bridgehead atoms. The highest BCUT2D eigenvalue weighted by atomic mass is 16.6. The second-order valence-corrected chi connectivity index (χ2v) is 4.51. The zero-order chi connectivity index (χ0) is 18.1. The van der Waals surface area contributed by atoms with Crippen LogP contribution in [0.5, 0.6) is 0 Å². The van der Waals surface area contributed by atoms with Crippen LogP contribution >= 0.6 is 0 Å². The highest BCUT2D eigenvalue weighted by Crippen LogP contribution is 2.17. The summed E-state index contributed by atoms with van der Waals surface area (Å²) in [6.45, 7) is 0. The minimum Gasteiger partial charge on any atom is -0.469 e. The van der Waals surface area contributed by atoms with Crippen molar-refractivity contribution in [2.75, 3.05) is 14.2 Å². The van der Waals surface area contributed by atoms with Gasteiger partial charge in [0.2, 0.25) is 6.10 Å². The fraction of sp³-hybridized carbons (Fsp3) is 0.400. The Morgan fingerprint density at radius 3 is 2.21 bits per heavy atom. The van der Waals surface area contributed by atoms with Crippen molar-refractivity contribution in [3.63, 3.8) is 0 Å². The molecule has 0 heterocycles. The van der Waals surface area contributed by atoms with E-state index in [2.05, 4.69) is 9.47 Å². The van der Waals surface area contributed by atoms with Crippen LogP contribution < -0.4 is 0 Å². The van der Waals surface area contributed by atoms with Gasteiger partial charge in [-0.05, 0) is 12.2 Å². The Balaban J connectivity index is 2.56. The Morgan fingerprint density at radius 2 is 1.58 bits per heavy atom. The van der Waals surface area contributed by atoms with Crippen LogP contribution in [0.3, 0.4) is 0 Å². The minimum absolute atomic E-state index is 0.198. The molecule has 0 saturated heterocycles. The van der Waals surface area contributed by atoms with Gasteiger partial charge >= 0.3 is 23.9 Å². The molecule has 130 valence electrons. The smallest absolute Gasteiger partial charge is 0.331 e. The van der Waals surface area contributed by atoms with E-state index >= 15 is 0 Å². The number of carbonyl (C=O) groups is 5. The third kappa shape index (κ3) is 6.03. The third-order valence-corrected chi connectivity index (χ3v) is 2.86. The summed E-state index contributed by atoms with van der Waals surface area (Å²) in [6, 6.07) is 0. The number of methoxy groups -OCH3 is 2. The lowest BCUT2D eigenvalue weighted by molar-refractivity contribution is -0.164. The summed E-state index contributed by atoms with van der Waals surface area (Å²) in [7, 11) is 2.32. The first-order valence-electron chi connectivity index (χ1n) is 6.82. The van der Waals surface area contributed by atoms with E-state index in [4.69, 9.17) is 9.47 Å². The molecule has 0 aromatic carbocycles. The van der Waals surface area contributed by atoms with E-state index in [1.807, 2.05) is 0 Å². The molecule has 24 heavy (non-hydrogen) atoms. The highest BCUT2D eigenvalue weighted by Gasteiger charge is 2.36. The van der Waals surface area contributed by atoms with Crippen molar-refractivity contribution < 1.29 is 42.9 Å². The molecular formula is C15H16O9. The molecule has 0 aliphatic heterocycles. The van der Waals surface area contributed by atoms with Crippen molar-refractivity contribution in [2.45, 2.75) is 25.0 Å². The van der Waals surface area contributed by atoms with E-state index in [0.717, 1.165) is 25.3 Å². The molecule has 0 N–H and O–H groups in total. The Morgan fingerprint density at radius 1 is 0.958 bits per heavy atom. The summed E-state index contributed by atoms with van der Waals surface area (Å²) in [5.74, 6) is -3.64. The maximum Gasteiger partial charge on any atom is 0.331 e. The molecule has 0 spiro atoms. The van der Waals surface area contributed by atoms with Crippen molar-refractivity contribution in [1.29, 1.82) is 0 Å². The monoisotopic (exact) mass is 340 g/mol. The Labute approximate surface area is 137 Å². The fourth-order valence-electron chi connectivity index (χ4n) is 1.66.